The molecular formula is C11H20N4O. The van der Waals surface area contributed by atoms with E-state index in [2.05, 4.69) is 10.4 Å². The van der Waals surface area contributed by atoms with Gasteiger partial charge in [0.25, 0.3) is 0 Å². The van der Waals surface area contributed by atoms with Crippen LogP contribution in [-0.2, 0) is 18.4 Å². The third-order valence-electron chi connectivity index (χ3n) is 2.59. The van der Waals surface area contributed by atoms with E-state index in [0.717, 1.165) is 11.3 Å². The van der Waals surface area contributed by atoms with Crippen LogP contribution in [0, 0.1) is 12.8 Å². The van der Waals surface area contributed by atoms with Gasteiger partial charge < -0.3 is 11.1 Å². The Morgan fingerprint density at radius 3 is 2.69 bits per heavy atom. The molecule has 0 aliphatic heterocycles. The average molecular weight is 224 g/mol. The maximum Gasteiger partial charge on any atom is 0.237 e. The molecule has 1 heterocycles. The molecule has 1 amide bonds. The van der Waals surface area contributed by atoms with Crippen LogP contribution in [0.15, 0.2) is 6.20 Å². The lowest BCUT2D eigenvalue weighted by Gasteiger charge is -2.14. The zero-order chi connectivity index (χ0) is 12.3. The summed E-state index contributed by atoms with van der Waals surface area (Å²) in [6, 6.07) is -0.447. The predicted molar refractivity (Wildman–Crippen MR) is 62.6 cm³/mol. The van der Waals surface area contributed by atoms with Gasteiger partial charge >= 0.3 is 0 Å². The van der Waals surface area contributed by atoms with E-state index in [9.17, 15) is 4.79 Å². The van der Waals surface area contributed by atoms with Crippen molar-refractivity contribution in [1.82, 2.24) is 15.1 Å². The molecule has 0 radical (unpaired) electrons. The predicted octanol–water partition coefficient (Wildman–Crippen LogP) is 0.328. The number of nitrogens with two attached hydrogens (primary N) is 1. The number of aromatic nitrogens is 2. The fourth-order valence-corrected chi connectivity index (χ4v) is 1.43. The minimum atomic E-state index is -0.447. The van der Waals surface area contributed by atoms with Crippen LogP contribution in [0.2, 0.25) is 0 Å². The van der Waals surface area contributed by atoms with E-state index in [0.29, 0.717) is 6.54 Å². The normalized spacial score (nSPS) is 12.9. The van der Waals surface area contributed by atoms with Gasteiger partial charge in [0, 0.05) is 25.4 Å². The number of amides is 1. The summed E-state index contributed by atoms with van der Waals surface area (Å²) in [5.41, 5.74) is 7.69. The Kier molecular flexibility index (Phi) is 4.06. The van der Waals surface area contributed by atoms with E-state index in [1.165, 1.54) is 0 Å². The molecule has 1 rings (SSSR count). The first kappa shape index (κ1) is 12.7. The monoisotopic (exact) mass is 224 g/mol. The molecule has 0 spiro atoms. The van der Waals surface area contributed by atoms with E-state index >= 15 is 0 Å². The summed E-state index contributed by atoms with van der Waals surface area (Å²) in [5.74, 6) is 0.0354. The van der Waals surface area contributed by atoms with Crippen LogP contribution in [-0.4, -0.2) is 21.7 Å². The maximum atomic E-state index is 11.6. The molecule has 16 heavy (non-hydrogen) atoms. The van der Waals surface area contributed by atoms with Crippen LogP contribution in [0.5, 0.6) is 0 Å². The number of hydrogen-bond acceptors (Lipinski definition) is 3. The van der Waals surface area contributed by atoms with Crippen LogP contribution in [0.3, 0.4) is 0 Å². The maximum absolute atomic E-state index is 11.6. The summed E-state index contributed by atoms with van der Waals surface area (Å²) in [6.45, 7) is 6.27. The van der Waals surface area contributed by atoms with Crippen molar-refractivity contribution in [3.05, 3.63) is 17.5 Å². The zero-order valence-electron chi connectivity index (χ0n) is 10.3. The number of rotatable bonds is 4. The topological polar surface area (TPSA) is 72.9 Å². The molecule has 5 heteroatoms. The molecule has 0 saturated heterocycles. The Balaban J connectivity index is 2.52. The highest BCUT2D eigenvalue weighted by Gasteiger charge is 2.17. The largest absolute Gasteiger partial charge is 0.351 e. The highest BCUT2D eigenvalue weighted by molar-refractivity contribution is 5.81. The molecule has 3 N–H and O–H groups in total. The lowest BCUT2D eigenvalue weighted by atomic mass is 10.1. The van der Waals surface area contributed by atoms with Gasteiger partial charge in [-0.2, -0.15) is 5.10 Å². The molecular weight excluding hydrogens is 204 g/mol. The number of carbonyl (C=O) groups excluding carboxylic acids is 1. The molecule has 1 unspecified atom stereocenters. The van der Waals surface area contributed by atoms with Gasteiger partial charge in [-0.25, -0.2) is 0 Å². The van der Waals surface area contributed by atoms with Crippen molar-refractivity contribution in [3.8, 4) is 0 Å². The molecule has 0 aromatic carbocycles. The second-order valence-corrected chi connectivity index (χ2v) is 4.40. The number of hydrogen-bond donors (Lipinski definition) is 2. The molecule has 0 aliphatic rings. The fourth-order valence-electron chi connectivity index (χ4n) is 1.43. The molecule has 90 valence electrons. The third kappa shape index (κ3) is 3.06. The molecule has 5 nitrogen and oxygen atoms in total. The second kappa shape index (κ2) is 5.12. The number of nitrogens with one attached hydrogen (secondary N) is 1. The van der Waals surface area contributed by atoms with E-state index in [-0.39, 0.29) is 11.8 Å². The number of nitrogens with zero attached hydrogens (tertiary/aromatic N) is 2. The Morgan fingerprint density at radius 1 is 1.62 bits per heavy atom. The van der Waals surface area contributed by atoms with Crippen molar-refractivity contribution in [3.63, 3.8) is 0 Å². The van der Waals surface area contributed by atoms with Gasteiger partial charge in [0.05, 0.1) is 11.7 Å². The van der Waals surface area contributed by atoms with Crippen molar-refractivity contribution in [1.29, 1.82) is 0 Å². The van der Waals surface area contributed by atoms with Crippen LogP contribution in [0.1, 0.15) is 25.1 Å². The Hall–Kier alpha value is -1.36. The van der Waals surface area contributed by atoms with Crippen molar-refractivity contribution in [2.24, 2.45) is 18.7 Å². The Morgan fingerprint density at radius 2 is 2.25 bits per heavy atom. The number of carbonyl (C=O) groups is 1. The van der Waals surface area contributed by atoms with Crippen LogP contribution in [0.25, 0.3) is 0 Å². The Bertz CT molecular complexity index is 370. The van der Waals surface area contributed by atoms with Gasteiger partial charge in [-0.3, -0.25) is 9.48 Å². The standard InChI is InChI=1S/C11H20N4O/c1-7(2)10(12)11(16)13-5-9-6-15(4)14-8(9)3/h6-7,10H,5,12H2,1-4H3,(H,13,16). The Labute approximate surface area is 96.0 Å². The van der Waals surface area contributed by atoms with Crippen molar-refractivity contribution in [2.75, 3.05) is 0 Å². The van der Waals surface area contributed by atoms with E-state index in [1.807, 2.05) is 34.0 Å². The van der Waals surface area contributed by atoms with Crippen LogP contribution in [0.4, 0.5) is 0 Å². The third-order valence-corrected chi connectivity index (χ3v) is 2.59. The first-order chi connectivity index (χ1) is 7.41. The van der Waals surface area contributed by atoms with Crippen molar-refractivity contribution < 1.29 is 4.79 Å². The first-order valence-corrected chi connectivity index (χ1v) is 5.44. The van der Waals surface area contributed by atoms with Gasteiger partial charge in [0.15, 0.2) is 0 Å². The highest BCUT2D eigenvalue weighted by Crippen LogP contribution is 2.04. The van der Waals surface area contributed by atoms with E-state index < -0.39 is 6.04 Å². The van der Waals surface area contributed by atoms with Gasteiger partial charge in [-0.15, -0.1) is 0 Å². The minimum absolute atomic E-state index is 0.113. The van der Waals surface area contributed by atoms with Crippen LogP contribution < -0.4 is 11.1 Å². The lowest BCUT2D eigenvalue weighted by Crippen LogP contribution is -2.43. The first-order valence-electron chi connectivity index (χ1n) is 5.44. The van der Waals surface area contributed by atoms with Crippen LogP contribution >= 0.6 is 0 Å². The van der Waals surface area contributed by atoms with Gasteiger partial charge in [0.1, 0.15) is 0 Å². The molecule has 0 bridgehead atoms. The van der Waals surface area contributed by atoms with Gasteiger partial charge in [-0.1, -0.05) is 13.8 Å². The van der Waals surface area contributed by atoms with Crippen molar-refractivity contribution in [2.45, 2.75) is 33.4 Å². The molecule has 1 aromatic rings. The molecule has 1 aromatic heterocycles. The quantitative estimate of drug-likeness (QED) is 0.774. The van der Waals surface area contributed by atoms with Crippen molar-refractivity contribution >= 4 is 5.91 Å². The average Bonchev–Trinajstić information content (AvgIpc) is 2.52. The molecule has 0 fully saturated rings. The SMILES string of the molecule is Cc1nn(C)cc1CNC(=O)C(N)C(C)C. The summed E-state index contributed by atoms with van der Waals surface area (Å²) in [7, 11) is 1.86. The van der Waals surface area contributed by atoms with Gasteiger partial charge in [0.2, 0.25) is 5.91 Å². The number of aryl methyl sites for hydroxylation is 2. The second-order valence-electron chi connectivity index (χ2n) is 4.40. The van der Waals surface area contributed by atoms with E-state index in [4.69, 9.17) is 5.73 Å². The fraction of sp³-hybridized carbons (Fsp3) is 0.636. The van der Waals surface area contributed by atoms with E-state index in [1.54, 1.807) is 4.68 Å². The summed E-state index contributed by atoms with van der Waals surface area (Å²) in [5, 5.41) is 7.02. The zero-order valence-corrected chi connectivity index (χ0v) is 10.3. The lowest BCUT2D eigenvalue weighted by molar-refractivity contribution is -0.123. The van der Waals surface area contributed by atoms with Gasteiger partial charge in [-0.05, 0) is 12.8 Å². The minimum Gasteiger partial charge on any atom is -0.351 e. The molecule has 1 atom stereocenters. The summed E-state index contributed by atoms with van der Waals surface area (Å²) >= 11 is 0. The highest BCUT2D eigenvalue weighted by atomic mass is 16.2. The smallest absolute Gasteiger partial charge is 0.237 e. The molecule has 0 saturated carbocycles. The summed E-state index contributed by atoms with van der Waals surface area (Å²) in [6.07, 6.45) is 1.90. The summed E-state index contributed by atoms with van der Waals surface area (Å²) in [4.78, 5) is 11.6. The summed E-state index contributed by atoms with van der Waals surface area (Å²) < 4.78 is 1.74. The molecule has 0 aliphatic carbocycles.